The van der Waals surface area contributed by atoms with Crippen molar-refractivity contribution < 1.29 is 22.7 Å². The van der Waals surface area contributed by atoms with Crippen LogP contribution in [0.3, 0.4) is 0 Å². The maximum Gasteiger partial charge on any atom is 0.302 e. The molecule has 0 amide bonds. The Kier molecular flexibility index (Phi) is 5.13. The molecule has 1 rings (SSSR count). The number of halogens is 1. The number of carbonyl (C=O) groups is 1. The third kappa shape index (κ3) is 4.68. The number of rotatable bonds is 5. The Bertz CT molecular complexity index is 572. The molecule has 0 saturated heterocycles. The number of nitrogens with zero attached hydrogens (tertiary/aromatic N) is 1. The van der Waals surface area contributed by atoms with Gasteiger partial charge in [0.2, 0.25) is 5.88 Å². The normalized spacial score (nSPS) is 12.8. The van der Waals surface area contributed by atoms with Gasteiger partial charge in [-0.15, -0.1) is 0 Å². The van der Waals surface area contributed by atoms with Crippen LogP contribution >= 0.6 is 10.7 Å². The van der Waals surface area contributed by atoms with Crippen LogP contribution in [0.5, 0.6) is 5.88 Å². The highest BCUT2D eigenvalue weighted by atomic mass is 35.7. The van der Waals surface area contributed by atoms with Crippen molar-refractivity contribution in [1.29, 1.82) is 0 Å². The lowest BCUT2D eigenvalue weighted by Crippen LogP contribution is -2.17. The smallest absolute Gasteiger partial charge is 0.302 e. The van der Waals surface area contributed by atoms with Crippen LogP contribution < -0.4 is 4.74 Å². The number of pyridine rings is 1. The zero-order valence-electron chi connectivity index (χ0n) is 10.7. The first-order chi connectivity index (χ1) is 8.74. The number of hydrogen-bond acceptors (Lipinski definition) is 6. The molecule has 0 saturated carbocycles. The van der Waals surface area contributed by atoms with Gasteiger partial charge in [0, 0.05) is 30.1 Å². The van der Waals surface area contributed by atoms with E-state index in [4.69, 9.17) is 20.2 Å². The van der Waals surface area contributed by atoms with E-state index in [2.05, 4.69) is 4.98 Å². The highest BCUT2D eigenvalue weighted by molar-refractivity contribution is 8.13. The molecule has 1 aromatic rings. The molecule has 1 unspecified atom stereocenters. The van der Waals surface area contributed by atoms with E-state index >= 15 is 0 Å². The predicted molar refractivity (Wildman–Crippen MR) is 68.8 cm³/mol. The van der Waals surface area contributed by atoms with Crippen molar-refractivity contribution >= 4 is 25.7 Å². The van der Waals surface area contributed by atoms with Crippen molar-refractivity contribution in [3.8, 4) is 5.88 Å². The van der Waals surface area contributed by atoms with Gasteiger partial charge in [0.1, 0.15) is 11.0 Å². The van der Waals surface area contributed by atoms with Gasteiger partial charge in [0.15, 0.2) is 0 Å². The van der Waals surface area contributed by atoms with Crippen LogP contribution in [0.2, 0.25) is 0 Å². The van der Waals surface area contributed by atoms with Crippen LogP contribution in [-0.2, 0) is 25.0 Å². The molecule has 0 radical (unpaired) electrons. The molecule has 0 aliphatic rings. The van der Waals surface area contributed by atoms with Crippen molar-refractivity contribution in [2.45, 2.75) is 31.3 Å². The molecule has 106 valence electrons. The van der Waals surface area contributed by atoms with E-state index in [-0.39, 0.29) is 22.9 Å². The Labute approximate surface area is 116 Å². The average molecular weight is 308 g/mol. The largest absolute Gasteiger partial charge is 0.481 e. The first-order valence-electron chi connectivity index (χ1n) is 5.40. The summed E-state index contributed by atoms with van der Waals surface area (Å²) in [5.41, 5.74) is 0.197. The Hall–Kier alpha value is -1.34. The number of hydrogen-bond donors (Lipinski definition) is 0. The third-order valence-electron chi connectivity index (χ3n) is 2.23. The third-order valence-corrected chi connectivity index (χ3v) is 3.62. The molecule has 0 aromatic carbocycles. The van der Waals surface area contributed by atoms with E-state index in [0.29, 0.717) is 0 Å². The lowest BCUT2D eigenvalue weighted by atomic mass is 10.2. The summed E-state index contributed by atoms with van der Waals surface area (Å²) in [4.78, 5) is 14.7. The van der Waals surface area contributed by atoms with E-state index in [1.807, 2.05) is 0 Å². The summed E-state index contributed by atoms with van der Waals surface area (Å²) < 4.78 is 32.7. The zero-order chi connectivity index (χ0) is 14.6. The first kappa shape index (κ1) is 15.7. The standard InChI is InChI=1S/C11H14ClNO5S/c1-7(18-8(2)14)6-9-10(19(12,15)16)4-5-11(13-9)17-3/h4-5,7H,6H2,1-3H3. The van der Waals surface area contributed by atoms with Gasteiger partial charge >= 0.3 is 5.97 Å². The lowest BCUT2D eigenvalue weighted by molar-refractivity contribution is -0.145. The van der Waals surface area contributed by atoms with Gasteiger partial charge in [-0.3, -0.25) is 4.79 Å². The molecule has 19 heavy (non-hydrogen) atoms. The molecule has 1 heterocycles. The van der Waals surface area contributed by atoms with Gasteiger partial charge in [0.25, 0.3) is 9.05 Å². The van der Waals surface area contributed by atoms with Gasteiger partial charge in [-0.05, 0) is 13.0 Å². The van der Waals surface area contributed by atoms with Crippen molar-refractivity contribution in [3.05, 3.63) is 17.8 Å². The monoisotopic (exact) mass is 307 g/mol. The summed E-state index contributed by atoms with van der Waals surface area (Å²) in [7, 11) is 2.83. The van der Waals surface area contributed by atoms with Crippen LogP contribution in [0.25, 0.3) is 0 Å². The maximum atomic E-state index is 11.4. The molecule has 1 atom stereocenters. The van der Waals surface area contributed by atoms with Crippen LogP contribution in [0.15, 0.2) is 17.0 Å². The van der Waals surface area contributed by atoms with Gasteiger partial charge < -0.3 is 9.47 Å². The van der Waals surface area contributed by atoms with Crippen LogP contribution in [0.4, 0.5) is 0 Å². The minimum Gasteiger partial charge on any atom is -0.481 e. The molecule has 0 aliphatic heterocycles. The Morgan fingerprint density at radius 3 is 2.58 bits per heavy atom. The molecule has 0 N–H and O–H groups in total. The number of esters is 1. The molecule has 0 spiro atoms. The van der Waals surface area contributed by atoms with Gasteiger partial charge in [-0.2, -0.15) is 0 Å². The summed E-state index contributed by atoms with van der Waals surface area (Å²) in [5, 5.41) is 0. The summed E-state index contributed by atoms with van der Waals surface area (Å²) in [6.45, 7) is 2.90. The van der Waals surface area contributed by atoms with Gasteiger partial charge in [-0.25, -0.2) is 13.4 Å². The number of ether oxygens (including phenoxy) is 2. The maximum absolute atomic E-state index is 11.4. The molecule has 1 aromatic heterocycles. The summed E-state index contributed by atoms with van der Waals surface area (Å²) in [6, 6.07) is 2.71. The highest BCUT2D eigenvalue weighted by Gasteiger charge is 2.20. The van der Waals surface area contributed by atoms with Gasteiger partial charge in [0.05, 0.1) is 12.8 Å². The number of methoxy groups -OCH3 is 1. The average Bonchev–Trinajstić information content (AvgIpc) is 2.25. The van der Waals surface area contributed by atoms with Crippen molar-refractivity contribution in [1.82, 2.24) is 4.98 Å². The zero-order valence-corrected chi connectivity index (χ0v) is 12.3. The van der Waals surface area contributed by atoms with E-state index < -0.39 is 21.1 Å². The van der Waals surface area contributed by atoms with Crippen molar-refractivity contribution in [2.24, 2.45) is 0 Å². The van der Waals surface area contributed by atoms with E-state index in [1.54, 1.807) is 6.92 Å². The summed E-state index contributed by atoms with van der Waals surface area (Å²) in [5.74, 6) is -0.195. The van der Waals surface area contributed by atoms with E-state index in [1.165, 1.54) is 26.2 Å². The molecule has 8 heteroatoms. The minimum atomic E-state index is -3.92. The number of aromatic nitrogens is 1. The SMILES string of the molecule is COc1ccc(S(=O)(=O)Cl)c(CC(C)OC(C)=O)n1. The summed E-state index contributed by atoms with van der Waals surface area (Å²) in [6.07, 6.45) is -0.396. The lowest BCUT2D eigenvalue weighted by Gasteiger charge is -2.13. The van der Waals surface area contributed by atoms with Gasteiger partial charge in [-0.1, -0.05) is 0 Å². The van der Waals surface area contributed by atoms with E-state index in [9.17, 15) is 13.2 Å². The topological polar surface area (TPSA) is 82.6 Å². The molecule has 0 fully saturated rings. The fourth-order valence-corrected chi connectivity index (χ4v) is 2.61. The fraction of sp³-hybridized carbons (Fsp3) is 0.455. The highest BCUT2D eigenvalue weighted by Crippen LogP contribution is 2.23. The Balaban J connectivity index is 3.12. The van der Waals surface area contributed by atoms with Crippen LogP contribution in [0.1, 0.15) is 19.5 Å². The second-order valence-electron chi connectivity index (χ2n) is 3.86. The van der Waals surface area contributed by atoms with Crippen molar-refractivity contribution in [3.63, 3.8) is 0 Å². The molecule has 6 nitrogen and oxygen atoms in total. The van der Waals surface area contributed by atoms with E-state index in [0.717, 1.165) is 0 Å². The van der Waals surface area contributed by atoms with Crippen LogP contribution in [0, 0.1) is 0 Å². The number of carbonyl (C=O) groups excluding carboxylic acids is 1. The fourth-order valence-electron chi connectivity index (χ4n) is 1.55. The quantitative estimate of drug-likeness (QED) is 0.606. The molecule has 0 aliphatic carbocycles. The first-order valence-corrected chi connectivity index (χ1v) is 7.70. The molecule has 0 bridgehead atoms. The Morgan fingerprint density at radius 2 is 2.11 bits per heavy atom. The summed E-state index contributed by atoms with van der Waals surface area (Å²) >= 11 is 0. The minimum absolute atomic E-state index is 0.117. The Morgan fingerprint density at radius 1 is 1.47 bits per heavy atom. The second kappa shape index (κ2) is 6.21. The van der Waals surface area contributed by atoms with Crippen molar-refractivity contribution in [2.75, 3.05) is 7.11 Å². The predicted octanol–water partition coefficient (Wildman–Crippen LogP) is 1.51. The molecular formula is C11H14ClNO5S. The molecular weight excluding hydrogens is 294 g/mol. The van der Waals surface area contributed by atoms with Crippen LogP contribution in [-0.4, -0.2) is 32.6 Å². The second-order valence-corrected chi connectivity index (χ2v) is 6.39.